The third kappa shape index (κ3) is 4.65. The molecular formula is C23H24ClFN8O2S. The summed E-state index contributed by atoms with van der Waals surface area (Å²) >= 11 is 6.36. The van der Waals surface area contributed by atoms with Crippen LogP contribution in [0.15, 0.2) is 35.5 Å². The van der Waals surface area contributed by atoms with Crippen molar-refractivity contribution < 1.29 is 12.8 Å². The SMILES string of the molecule is Cc1cc(Nc2nc(N(C)c3c(F)cc(S(C)(=O)=O)cc3Cl)nc(-c3cnn(C)c3)c2C2CC2)n[nH]1. The van der Waals surface area contributed by atoms with Gasteiger partial charge in [0.25, 0.3) is 0 Å². The van der Waals surface area contributed by atoms with Gasteiger partial charge in [-0.25, -0.2) is 17.8 Å². The molecule has 1 fully saturated rings. The van der Waals surface area contributed by atoms with Gasteiger partial charge in [-0.05, 0) is 37.8 Å². The average molecular weight is 531 g/mol. The van der Waals surface area contributed by atoms with Crippen LogP contribution in [0.25, 0.3) is 11.3 Å². The van der Waals surface area contributed by atoms with E-state index in [1.807, 2.05) is 26.2 Å². The molecule has 3 heterocycles. The first-order valence-corrected chi connectivity index (χ1v) is 13.4. The second-order valence-electron chi connectivity index (χ2n) is 8.94. The smallest absolute Gasteiger partial charge is 0.232 e. The first kappa shape index (κ1) is 24.2. The van der Waals surface area contributed by atoms with Gasteiger partial charge in [0.2, 0.25) is 5.95 Å². The Kier molecular flexibility index (Phi) is 5.95. The van der Waals surface area contributed by atoms with Crippen LogP contribution in [0.2, 0.25) is 5.02 Å². The van der Waals surface area contributed by atoms with Crippen molar-refractivity contribution in [2.75, 3.05) is 23.5 Å². The van der Waals surface area contributed by atoms with Crippen molar-refractivity contribution in [1.29, 1.82) is 0 Å². The molecule has 0 radical (unpaired) electrons. The summed E-state index contributed by atoms with van der Waals surface area (Å²) in [6, 6.07) is 4.02. The Labute approximate surface area is 212 Å². The number of rotatable bonds is 7. The van der Waals surface area contributed by atoms with Gasteiger partial charge in [0, 0.05) is 49.4 Å². The molecule has 10 nitrogen and oxygen atoms in total. The van der Waals surface area contributed by atoms with Gasteiger partial charge in [0.05, 0.1) is 27.5 Å². The normalized spacial score (nSPS) is 13.7. The summed E-state index contributed by atoms with van der Waals surface area (Å²) in [7, 11) is -0.253. The summed E-state index contributed by atoms with van der Waals surface area (Å²) in [4.78, 5) is 10.7. The molecule has 5 rings (SSSR count). The number of aryl methyl sites for hydroxylation is 2. The molecule has 0 bridgehead atoms. The summed E-state index contributed by atoms with van der Waals surface area (Å²) in [5, 5.41) is 14.7. The van der Waals surface area contributed by atoms with Gasteiger partial charge >= 0.3 is 0 Å². The fourth-order valence-electron chi connectivity index (χ4n) is 4.01. The highest BCUT2D eigenvalue weighted by molar-refractivity contribution is 7.90. The van der Waals surface area contributed by atoms with Gasteiger partial charge in [-0.1, -0.05) is 11.6 Å². The summed E-state index contributed by atoms with van der Waals surface area (Å²) in [6.07, 6.45) is 6.56. The van der Waals surface area contributed by atoms with Gasteiger partial charge in [0.1, 0.15) is 11.6 Å². The summed E-state index contributed by atoms with van der Waals surface area (Å²) in [5.41, 5.74) is 3.23. The van der Waals surface area contributed by atoms with Crippen molar-refractivity contribution in [3.05, 3.63) is 52.7 Å². The Bertz CT molecular complexity index is 1560. The van der Waals surface area contributed by atoms with E-state index in [1.54, 1.807) is 17.9 Å². The molecule has 1 saturated carbocycles. The van der Waals surface area contributed by atoms with E-state index < -0.39 is 15.7 Å². The van der Waals surface area contributed by atoms with Crippen LogP contribution in [0.1, 0.15) is 30.0 Å². The average Bonchev–Trinajstić information content (AvgIpc) is 3.41. The fraction of sp³-hybridized carbons (Fsp3) is 0.304. The van der Waals surface area contributed by atoms with Crippen LogP contribution < -0.4 is 10.2 Å². The van der Waals surface area contributed by atoms with Crippen LogP contribution in [0, 0.1) is 12.7 Å². The molecule has 0 saturated heterocycles. The first-order valence-electron chi connectivity index (χ1n) is 11.1. The number of halogens is 2. The maximum Gasteiger partial charge on any atom is 0.232 e. The Balaban J connectivity index is 1.68. The van der Waals surface area contributed by atoms with Crippen molar-refractivity contribution in [3.8, 4) is 11.3 Å². The topological polar surface area (TPSA) is 122 Å². The molecule has 1 aliphatic carbocycles. The molecule has 2 N–H and O–H groups in total. The zero-order valence-corrected chi connectivity index (χ0v) is 21.6. The van der Waals surface area contributed by atoms with E-state index in [1.165, 1.54) is 11.0 Å². The van der Waals surface area contributed by atoms with Crippen molar-refractivity contribution in [1.82, 2.24) is 29.9 Å². The summed E-state index contributed by atoms with van der Waals surface area (Å²) < 4.78 is 40.7. The Morgan fingerprint density at radius 1 is 1.25 bits per heavy atom. The van der Waals surface area contributed by atoms with Crippen LogP contribution in [-0.2, 0) is 16.9 Å². The lowest BCUT2D eigenvalue weighted by Gasteiger charge is -2.23. The van der Waals surface area contributed by atoms with E-state index in [9.17, 15) is 8.42 Å². The van der Waals surface area contributed by atoms with E-state index in [-0.39, 0.29) is 27.5 Å². The number of nitrogens with one attached hydrogen (secondary N) is 2. The minimum Gasteiger partial charge on any atom is -0.323 e. The van der Waals surface area contributed by atoms with Crippen molar-refractivity contribution in [2.45, 2.75) is 30.6 Å². The van der Waals surface area contributed by atoms with E-state index in [4.69, 9.17) is 21.6 Å². The van der Waals surface area contributed by atoms with Crippen LogP contribution in [0.4, 0.5) is 27.7 Å². The number of aromatic nitrogens is 6. The number of anilines is 4. The first-order chi connectivity index (χ1) is 17.0. The molecule has 36 heavy (non-hydrogen) atoms. The van der Waals surface area contributed by atoms with Crippen LogP contribution >= 0.6 is 11.6 Å². The Hall–Kier alpha value is -3.51. The number of H-pyrrole nitrogens is 1. The van der Waals surface area contributed by atoms with Crippen molar-refractivity contribution in [2.24, 2.45) is 7.05 Å². The molecule has 0 unspecified atom stereocenters. The summed E-state index contributed by atoms with van der Waals surface area (Å²) in [5.74, 6) is 0.752. The molecular weight excluding hydrogens is 507 g/mol. The van der Waals surface area contributed by atoms with E-state index >= 15 is 4.39 Å². The summed E-state index contributed by atoms with van der Waals surface area (Å²) in [6.45, 7) is 1.89. The molecule has 0 atom stereocenters. The lowest BCUT2D eigenvalue weighted by molar-refractivity contribution is 0.596. The number of sulfone groups is 1. The number of benzene rings is 1. The van der Waals surface area contributed by atoms with Gasteiger partial charge < -0.3 is 10.2 Å². The zero-order valence-electron chi connectivity index (χ0n) is 20.0. The van der Waals surface area contributed by atoms with E-state index in [0.29, 0.717) is 17.3 Å². The molecule has 1 aromatic carbocycles. The molecule has 188 valence electrons. The highest BCUT2D eigenvalue weighted by atomic mass is 35.5. The van der Waals surface area contributed by atoms with E-state index in [2.05, 4.69) is 20.6 Å². The number of hydrogen-bond donors (Lipinski definition) is 2. The standard InChI is InChI=1S/C23H24ClFN8O2S/c1-12-7-18(31-30-12)27-22-19(13-5-6-13)20(14-10-26-32(2)11-14)28-23(29-22)33(3)21-16(24)8-15(9-17(21)25)36(4,34)35/h7-11,13H,5-6H2,1-4H3,(H2,27,28,29,30,31). The monoisotopic (exact) mass is 530 g/mol. The van der Waals surface area contributed by atoms with E-state index in [0.717, 1.165) is 42.0 Å². The lowest BCUT2D eigenvalue weighted by atomic mass is 10.1. The van der Waals surface area contributed by atoms with Gasteiger partial charge in [0.15, 0.2) is 15.7 Å². The Morgan fingerprint density at radius 2 is 2.00 bits per heavy atom. The third-order valence-corrected chi connectivity index (χ3v) is 7.28. The number of aromatic amines is 1. The molecule has 4 aromatic rings. The number of nitrogens with zero attached hydrogens (tertiary/aromatic N) is 6. The molecule has 0 amide bonds. The highest BCUT2D eigenvalue weighted by Crippen LogP contribution is 2.48. The second kappa shape index (κ2) is 8.86. The molecule has 13 heteroatoms. The maximum atomic E-state index is 15.2. The molecule has 0 spiro atoms. The molecule has 0 aliphatic heterocycles. The van der Waals surface area contributed by atoms with Crippen molar-refractivity contribution >= 4 is 44.7 Å². The van der Waals surface area contributed by atoms with Gasteiger partial charge in [-0.15, -0.1) is 0 Å². The van der Waals surface area contributed by atoms with Crippen molar-refractivity contribution in [3.63, 3.8) is 0 Å². The minimum absolute atomic E-state index is 0.0399. The minimum atomic E-state index is -3.65. The van der Waals surface area contributed by atoms with Gasteiger partial charge in [-0.3, -0.25) is 9.78 Å². The Morgan fingerprint density at radius 3 is 2.56 bits per heavy atom. The number of hydrogen-bond acceptors (Lipinski definition) is 8. The molecule has 1 aliphatic rings. The lowest BCUT2D eigenvalue weighted by Crippen LogP contribution is -2.18. The molecule has 3 aromatic heterocycles. The van der Waals surface area contributed by atoms with Gasteiger partial charge in [-0.2, -0.15) is 15.2 Å². The van der Waals surface area contributed by atoms with Crippen LogP contribution in [0.3, 0.4) is 0 Å². The maximum absolute atomic E-state index is 15.2. The third-order valence-electron chi connectivity index (χ3n) is 5.90. The predicted octanol–water partition coefficient (Wildman–Crippen LogP) is 4.49. The largest absolute Gasteiger partial charge is 0.323 e. The fourth-order valence-corrected chi connectivity index (χ4v) is 5.05. The highest BCUT2D eigenvalue weighted by Gasteiger charge is 2.33. The predicted molar refractivity (Wildman–Crippen MR) is 135 cm³/mol. The van der Waals surface area contributed by atoms with Crippen LogP contribution in [-0.4, -0.2) is 51.7 Å². The quantitative estimate of drug-likeness (QED) is 0.358. The zero-order chi connectivity index (χ0) is 25.8. The second-order valence-corrected chi connectivity index (χ2v) is 11.4. The van der Waals surface area contributed by atoms with Crippen LogP contribution in [0.5, 0.6) is 0 Å².